The van der Waals surface area contributed by atoms with Gasteiger partial charge < -0.3 is 0 Å². The van der Waals surface area contributed by atoms with Gasteiger partial charge in [0.1, 0.15) is 5.82 Å². The lowest BCUT2D eigenvalue weighted by atomic mass is 9.99. The Morgan fingerprint density at radius 1 is 1.44 bits per heavy atom. The van der Waals surface area contributed by atoms with Crippen LogP contribution in [0.3, 0.4) is 0 Å². The van der Waals surface area contributed by atoms with Crippen LogP contribution < -0.4 is 0 Å². The first-order chi connectivity index (χ1) is 7.34. The molecule has 0 saturated heterocycles. The summed E-state index contributed by atoms with van der Waals surface area (Å²) < 4.78 is 0. The quantitative estimate of drug-likeness (QED) is 0.661. The van der Waals surface area contributed by atoms with E-state index in [1.165, 1.54) is 0 Å². The molecular formula is C13H22N2O. The summed E-state index contributed by atoms with van der Waals surface area (Å²) in [5.41, 5.74) is 0.893. The number of aliphatic imine (C=N–C) groups is 1. The van der Waals surface area contributed by atoms with Crippen molar-refractivity contribution in [3.8, 4) is 0 Å². The molecule has 0 aliphatic carbocycles. The molecule has 0 spiro atoms. The van der Waals surface area contributed by atoms with Crippen LogP contribution in [0, 0.1) is 5.92 Å². The summed E-state index contributed by atoms with van der Waals surface area (Å²) in [6.45, 7) is 12.1. The van der Waals surface area contributed by atoms with Crippen LogP contribution in [0.15, 0.2) is 16.4 Å². The highest BCUT2D eigenvalue weighted by Gasteiger charge is 2.41. The Balaban J connectivity index is 3.24. The van der Waals surface area contributed by atoms with E-state index < -0.39 is 0 Å². The molecule has 0 aromatic rings. The Bertz CT molecular complexity index is 347. The zero-order valence-corrected chi connectivity index (χ0v) is 11.2. The summed E-state index contributed by atoms with van der Waals surface area (Å²) in [6, 6.07) is 0. The molecule has 0 fully saturated rings. The van der Waals surface area contributed by atoms with Crippen molar-refractivity contribution in [3.05, 3.63) is 11.4 Å². The number of carbonyl (C=O) groups is 1. The Morgan fingerprint density at radius 3 is 2.38 bits per heavy atom. The Kier molecular flexibility index (Phi) is 3.56. The Labute approximate surface area is 98.2 Å². The first kappa shape index (κ1) is 12.9. The average Bonchev–Trinajstić information content (AvgIpc) is 2.38. The van der Waals surface area contributed by atoms with Gasteiger partial charge in [-0.05, 0) is 46.6 Å². The van der Waals surface area contributed by atoms with Crippen molar-refractivity contribution >= 4 is 12.1 Å². The van der Waals surface area contributed by atoms with Crippen molar-refractivity contribution in [2.75, 3.05) is 0 Å². The zero-order chi connectivity index (χ0) is 12.5. The zero-order valence-electron chi connectivity index (χ0n) is 11.2. The van der Waals surface area contributed by atoms with E-state index in [0.29, 0.717) is 0 Å². The molecule has 0 saturated carbocycles. The molecule has 16 heavy (non-hydrogen) atoms. The van der Waals surface area contributed by atoms with Crippen LogP contribution in [0.1, 0.15) is 48.0 Å². The highest BCUT2D eigenvalue weighted by atomic mass is 16.2. The lowest BCUT2D eigenvalue weighted by Gasteiger charge is -2.33. The second kappa shape index (κ2) is 4.40. The highest BCUT2D eigenvalue weighted by Crippen LogP contribution is 2.36. The summed E-state index contributed by atoms with van der Waals surface area (Å²) >= 11 is 0. The van der Waals surface area contributed by atoms with Crippen molar-refractivity contribution in [1.29, 1.82) is 0 Å². The van der Waals surface area contributed by atoms with Gasteiger partial charge in [-0.25, -0.2) is 4.99 Å². The van der Waals surface area contributed by atoms with Gasteiger partial charge in [0.2, 0.25) is 5.91 Å². The third kappa shape index (κ3) is 2.04. The van der Waals surface area contributed by atoms with E-state index in [2.05, 4.69) is 4.99 Å². The molecule has 1 unspecified atom stereocenters. The number of hydrogen-bond donors (Lipinski definition) is 0. The Morgan fingerprint density at radius 2 is 2.00 bits per heavy atom. The fraction of sp³-hybridized carbons (Fsp3) is 0.692. The summed E-state index contributed by atoms with van der Waals surface area (Å²) in [5.74, 6) is 1.04. The van der Waals surface area contributed by atoms with Crippen molar-refractivity contribution in [2.45, 2.75) is 53.5 Å². The molecule has 1 rings (SSSR count). The van der Waals surface area contributed by atoms with Crippen LogP contribution in [-0.2, 0) is 4.79 Å². The molecule has 0 radical (unpaired) electrons. The van der Waals surface area contributed by atoms with Gasteiger partial charge in [0.05, 0.1) is 5.92 Å². The largest absolute Gasteiger partial charge is 0.291 e. The number of hydrogen-bond acceptors (Lipinski definition) is 2. The molecule has 1 aliphatic heterocycles. The minimum atomic E-state index is -0.204. The number of rotatable bonds is 2. The molecule has 3 nitrogen and oxygen atoms in total. The van der Waals surface area contributed by atoms with E-state index in [1.807, 2.05) is 46.4 Å². The molecule has 1 atom stereocenters. The molecular weight excluding hydrogens is 200 g/mol. The van der Waals surface area contributed by atoms with Gasteiger partial charge in [0.25, 0.3) is 0 Å². The lowest BCUT2D eigenvalue weighted by molar-refractivity contribution is -0.134. The second-order valence-corrected chi connectivity index (χ2v) is 5.20. The first-order valence-electron chi connectivity index (χ1n) is 5.88. The van der Waals surface area contributed by atoms with Crippen molar-refractivity contribution in [3.63, 3.8) is 0 Å². The molecule has 0 aromatic heterocycles. The molecule has 0 aromatic carbocycles. The van der Waals surface area contributed by atoms with Gasteiger partial charge >= 0.3 is 0 Å². The molecule has 1 amide bonds. The van der Waals surface area contributed by atoms with Gasteiger partial charge in [0, 0.05) is 11.8 Å². The third-order valence-corrected chi connectivity index (χ3v) is 2.94. The van der Waals surface area contributed by atoms with Crippen LogP contribution >= 0.6 is 0 Å². The van der Waals surface area contributed by atoms with E-state index in [4.69, 9.17) is 0 Å². The molecule has 0 bridgehead atoms. The van der Waals surface area contributed by atoms with Crippen LogP contribution in [0.25, 0.3) is 0 Å². The SMILES string of the molecule is CC=NC1=C(C)C(CC)C(=O)N1C(C)(C)C. The maximum Gasteiger partial charge on any atom is 0.235 e. The molecule has 1 aliphatic rings. The number of carbonyl (C=O) groups excluding carboxylic acids is 1. The van der Waals surface area contributed by atoms with E-state index in [-0.39, 0.29) is 17.4 Å². The van der Waals surface area contributed by atoms with Gasteiger partial charge in [-0.2, -0.15) is 0 Å². The van der Waals surface area contributed by atoms with Crippen molar-refractivity contribution < 1.29 is 4.79 Å². The monoisotopic (exact) mass is 222 g/mol. The maximum atomic E-state index is 12.3. The molecule has 90 valence electrons. The van der Waals surface area contributed by atoms with E-state index in [9.17, 15) is 4.79 Å². The molecule has 3 heteroatoms. The fourth-order valence-corrected chi connectivity index (χ4v) is 2.19. The minimum absolute atomic E-state index is 0.0120. The first-order valence-corrected chi connectivity index (χ1v) is 5.88. The van der Waals surface area contributed by atoms with Crippen molar-refractivity contribution in [1.82, 2.24) is 4.90 Å². The van der Waals surface area contributed by atoms with Crippen LogP contribution in [0.4, 0.5) is 0 Å². The lowest BCUT2D eigenvalue weighted by Crippen LogP contribution is -2.43. The smallest absolute Gasteiger partial charge is 0.235 e. The summed E-state index contributed by atoms with van der Waals surface area (Å²) in [7, 11) is 0. The number of amides is 1. The van der Waals surface area contributed by atoms with Crippen LogP contribution in [0.5, 0.6) is 0 Å². The van der Waals surface area contributed by atoms with Gasteiger partial charge in [-0.15, -0.1) is 0 Å². The molecule has 0 N–H and O–H groups in total. The topological polar surface area (TPSA) is 32.7 Å². The van der Waals surface area contributed by atoms with Gasteiger partial charge in [0.15, 0.2) is 0 Å². The predicted octanol–water partition coefficient (Wildman–Crippen LogP) is 2.98. The maximum absolute atomic E-state index is 12.3. The fourth-order valence-electron chi connectivity index (χ4n) is 2.19. The second-order valence-electron chi connectivity index (χ2n) is 5.20. The van der Waals surface area contributed by atoms with Crippen molar-refractivity contribution in [2.24, 2.45) is 10.9 Å². The summed E-state index contributed by atoms with van der Waals surface area (Å²) in [5, 5.41) is 0. The average molecular weight is 222 g/mol. The standard InChI is InChI=1S/C13H22N2O/c1-7-10-9(3)11(14-8-2)15(12(10)16)13(4,5)6/h8,10H,7H2,1-6H3. The van der Waals surface area contributed by atoms with E-state index in [1.54, 1.807) is 6.21 Å². The number of nitrogens with zero attached hydrogens (tertiary/aromatic N) is 2. The summed E-state index contributed by atoms with van der Waals surface area (Å²) in [4.78, 5) is 18.5. The minimum Gasteiger partial charge on any atom is -0.291 e. The van der Waals surface area contributed by atoms with Gasteiger partial charge in [-0.3, -0.25) is 9.69 Å². The van der Waals surface area contributed by atoms with E-state index in [0.717, 1.165) is 17.8 Å². The van der Waals surface area contributed by atoms with Crippen LogP contribution in [-0.4, -0.2) is 22.6 Å². The Hall–Kier alpha value is -1.12. The highest BCUT2D eigenvalue weighted by molar-refractivity contribution is 5.88. The van der Waals surface area contributed by atoms with Gasteiger partial charge in [-0.1, -0.05) is 6.92 Å². The van der Waals surface area contributed by atoms with Crippen LogP contribution in [0.2, 0.25) is 0 Å². The third-order valence-electron chi connectivity index (χ3n) is 2.94. The summed E-state index contributed by atoms with van der Waals surface area (Å²) in [6.07, 6.45) is 2.60. The van der Waals surface area contributed by atoms with E-state index >= 15 is 0 Å². The molecule has 1 heterocycles. The predicted molar refractivity (Wildman–Crippen MR) is 67.2 cm³/mol. The normalized spacial score (nSPS) is 22.8.